The second-order valence-corrected chi connectivity index (χ2v) is 5.03. The number of imidazole rings is 1. The van der Waals surface area contributed by atoms with E-state index in [2.05, 4.69) is 15.3 Å². The van der Waals surface area contributed by atoms with Crippen molar-refractivity contribution >= 4 is 28.7 Å². The van der Waals surface area contributed by atoms with Crippen LogP contribution >= 0.6 is 11.6 Å². The first-order valence-electron chi connectivity index (χ1n) is 6.19. The van der Waals surface area contributed by atoms with Crippen LogP contribution in [0.25, 0.3) is 11.2 Å². The van der Waals surface area contributed by atoms with Gasteiger partial charge in [0.1, 0.15) is 17.9 Å². The number of pyridine rings is 1. The number of nitrogens with zero attached hydrogens (tertiary/aromatic N) is 3. The van der Waals surface area contributed by atoms with Crippen LogP contribution in [0.1, 0.15) is 25.4 Å². The van der Waals surface area contributed by atoms with E-state index < -0.39 is 0 Å². The Morgan fingerprint density at radius 2 is 2.16 bits per heavy atom. The number of fused-ring (bicyclic) bond motifs is 1. The van der Waals surface area contributed by atoms with E-state index in [-0.39, 0.29) is 24.4 Å². The lowest BCUT2D eigenvalue weighted by atomic mass is 10.3. The van der Waals surface area contributed by atoms with Crippen molar-refractivity contribution in [3.8, 4) is 0 Å². The van der Waals surface area contributed by atoms with Gasteiger partial charge in [-0.1, -0.05) is 0 Å². The molecule has 0 atom stereocenters. The summed E-state index contributed by atoms with van der Waals surface area (Å²) in [4.78, 5) is 20.7. The van der Waals surface area contributed by atoms with Crippen molar-refractivity contribution in [3.63, 3.8) is 0 Å². The Labute approximate surface area is 117 Å². The molecule has 0 spiro atoms. The average Bonchev–Trinajstić information content (AvgIpc) is 2.66. The van der Waals surface area contributed by atoms with Gasteiger partial charge < -0.3 is 9.88 Å². The van der Waals surface area contributed by atoms with E-state index >= 15 is 0 Å². The second-order valence-electron chi connectivity index (χ2n) is 4.77. The van der Waals surface area contributed by atoms with E-state index in [9.17, 15) is 4.79 Å². The van der Waals surface area contributed by atoms with E-state index in [1.54, 1.807) is 4.57 Å². The highest BCUT2D eigenvalue weighted by atomic mass is 35.5. The standard InChI is InChI=1S/C13H17ClN4O/c1-8(2)15-12(19)7-18-11(6-14)17-10-5-4-9(3)16-13(10)18/h4-5,8H,6-7H2,1-3H3,(H,15,19). The molecule has 2 heterocycles. The molecule has 0 aromatic carbocycles. The van der Waals surface area contributed by atoms with Crippen molar-refractivity contribution in [1.29, 1.82) is 0 Å². The molecular formula is C13H17ClN4O. The number of hydrogen-bond donors (Lipinski definition) is 1. The molecule has 0 radical (unpaired) electrons. The lowest BCUT2D eigenvalue weighted by Gasteiger charge is -2.10. The number of carbonyl (C=O) groups excluding carboxylic acids is 1. The Morgan fingerprint density at radius 3 is 2.79 bits per heavy atom. The van der Waals surface area contributed by atoms with Crippen molar-refractivity contribution in [2.24, 2.45) is 0 Å². The third-order valence-electron chi connectivity index (χ3n) is 2.68. The molecule has 0 fully saturated rings. The van der Waals surface area contributed by atoms with Crippen LogP contribution in [0.15, 0.2) is 12.1 Å². The van der Waals surface area contributed by atoms with Crippen LogP contribution in [0, 0.1) is 6.92 Å². The first kappa shape index (κ1) is 13.8. The SMILES string of the molecule is Cc1ccc2nc(CCl)n(CC(=O)NC(C)C)c2n1. The summed E-state index contributed by atoms with van der Waals surface area (Å²) >= 11 is 5.89. The molecular weight excluding hydrogens is 264 g/mol. The minimum atomic E-state index is -0.0658. The van der Waals surface area contributed by atoms with Crippen LogP contribution in [0.5, 0.6) is 0 Å². The van der Waals surface area contributed by atoms with Gasteiger partial charge in [0.15, 0.2) is 5.65 Å². The van der Waals surface area contributed by atoms with Gasteiger partial charge in [0.2, 0.25) is 5.91 Å². The summed E-state index contributed by atoms with van der Waals surface area (Å²) in [6.45, 7) is 5.95. The van der Waals surface area contributed by atoms with Crippen molar-refractivity contribution in [2.45, 2.75) is 39.2 Å². The number of carbonyl (C=O) groups is 1. The zero-order valence-corrected chi connectivity index (χ0v) is 12.0. The predicted molar refractivity (Wildman–Crippen MR) is 75.1 cm³/mol. The van der Waals surface area contributed by atoms with Crippen LogP contribution in [0.2, 0.25) is 0 Å². The first-order chi connectivity index (χ1) is 9.01. The number of alkyl halides is 1. The minimum Gasteiger partial charge on any atom is -0.352 e. The van der Waals surface area contributed by atoms with Crippen LogP contribution in [-0.2, 0) is 17.2 Å². The normalized spacial score (nSPS) is 11.2. The summed E-state index contributed by atoms with van der Waals surface area (Å²) < 4.78 is 1.77. The molecule has 1 amide bonds. The number of halogens is 1. The van der Waals surface area contributed by atoms with E-state index in [1.807, 2.05) is 32.9 Å². The first-order valence-corrected chi connectivity index (χ1v) is 6.72. The fourth-order valence-corrected chi connectivity index (χ4v) is 2.13. The van der Waals surface area contributed by atoms with E-state index in [4.69, 9.17) is 11.6 Å². The van der Waals surface area contributed by atoms with E-state index in [0.717, 1.165) is 11.2 Å². The average molecular weight is 281 g/mol. The number of amides is 1. The summed E-state index contributed by atoms with van der Waals surface area (Å²) in [6.07, 6.45) is 0. The Balaban J connectivity index is 2.39. The molecule has 0 aliphatic heterocycles. The number of aryl methyl sites for hydroxylation is 1. The van der Waals surface area contributed by atoms with Gasteiger partial charge in [-0.25, -0.2) is 9.97 Å². The predicted octanol–water partition coefficient (Wildman–Crippen LogP) is 2.00. The fraction of sp³-hybridized carbons (Fsp3) is 0.462. The van der Waals surface area contributed by atoms with Crippen LogP contribution in [0.3, 0.4) is 0 Å². The van der Waals surface area contributed by atoms with Gasteiger partial charge in [0.25, 0.3) is 0 Å². The van der Waals surface area contributed by atoms with Crippen LogP contribution in [-0.4, -0.2) is 26.5 Å². The highest BCUT2D eigenvalue weighted by molar-refractivity contribution is 6.16. The van der Waals surface area contributed by atoms with E-state index in [0.29, 0.717) is 11.5 Å². The number of rotatable bonds is 4. The van der Waals surface area contributed by atoms with Gasteiger partial charge in [-0.2, -0.15) is 0 Å². The topological polar surface area (TPSA) is 59.8 Å². The van der Waals surface area contributed by atoms with Crippen molar-refractivity contribution in [1.82, 2.24) is 19.9 Å². The van der Waals surface area contributed by atoms with Crippen LogP contribution in [0.4, 0.5) is 0 Å². The van der Waals surface area contributed by atoms with Gasteiger partial charge in [-0.3, -0.25) is 4.79 Å². The molecule has 0 saturated carbocycles. The molecule has 0 saturated heterocycles. The molecule has 0 bridgehead atoms. The molecule has 5 nitrogen and oxygen atoms in total. The lowest BCUT2D eigenvalue weighted by molar-refractivity contribution is -0.122. The maximum absolute atomic E-state index is 11.9. The summed E-state index contributed by atoms with van der Waals surface area (Å²) in [5.74, 6) is 0.849. The monoisotopic (exact) mass is 280 g/mol. The molecule has 0 aliphatic rings. The Hall–Kier alpha value is -1.62. The zero-order chi connectivity index (χ0) is 14.0. The Kier molecular flexibility index (Phi) is 4.04. The quantitative estimate of drug-likeness (QED) is 0.872. The molecule has 1 N–H and O–H groups in total. The largest absolute Gasteiger partial charge is 0.352 e. The zero-order valence-electron chi connectivity index (χ0n) is 11.3. The molecule has 2 aromatic rings. The second kappa shape index (κ2) is 5.57. The Morgan fingerprint density at radius 1 is 1.42 bits per heavy atom. The summed E-state index contributed by atoms with van der Waals surface area (Å²) in [5.41, 5.74) is 2.35. The Bertz CT molecular complexity index is 606. The van der Waals surface area contributed by atoms with Crippen molar-refractivity contribution in [3.05, 3.63) is 23.7 Å². The third kappa shape index (κ3) is 3.04. The van der Waals surface area contributed by atoms with Crippen molar-refractivity contribution in [2.75, 3.05) is 0 Å². The molecule has 6 heteroatoms. The molecule has 2 aromatic heterocycles. The minimum absolute atomic E-state index is 0.0658. The van der Waals surface area contributed by atoms with Gasteiger partial charge in [0.05, 0.1) is 5.88 Å². The van der Waals surface area contributed by atoms with Gasteiger partial charge in [-0.05, 0) is 32.9 Å². The highest BCUT2D eigenvalue weighted by Gasteiger charge is 2.14. The summed E-state index contributed by atoms with van der Waals surface area (Å²) in [7, 11) is 0. The maximum atomic E-state index is 11.9. The number of nitrogens with one attached hydrogen (secondary N) is 1. The molecule has 0 aliphatic carbocycles. The van der Waals surface area contributed by atoms with Gasteiger partial charge >= 0.3 is 0 Å². The third-order valence-corrected chi connectivity index (χ3v) is 2.92. The van der Waals surface area contributed by atoms with Crippen LogP contribution < -0.4 is 5.32 Å². The summed E-state index contributed by atoms with van der Waals surface area (Å²) in [6, 6.07) is 3.90. The highest BCUT2D eigenvalue weighted by Crippen LogP contribution is 2.16. The number of hydrogen-bond acceptors (Lipinski definition) is 3. The van der Waals surface area contributed by atoms with Gasteiger partial charge in [0, 0.05) is 11.7 Å². The molecule has 2 rings (SSSR count). The lowest BCUT2D eigenvalue weighted by Crippen LogP contribution is -2.33. The maximum Gasteiger partial charge on any atom is 0.240 e. The van der Waals surface area contributed by atoms with Gasteiger partial charge in [-0.15, -0.1) is 11.6 Å². The number of aromatic nitrogens is 3. The molecule has 102 valence electrons. The fourth-order valence-electron chi connectivity index (χ4n) is 1.92. The van der Waals surface area contributed by atoms with Crippen molar-refractivity contribution < 1.29 is 4.79 Å². The molecule has 0 unspecified atom stereocenters. The summed E-state index contributed by atoms with van der Waals surface area (Å²) in [5, 5.41) is 2.85. The van der Waals surface area contributed by atoms with E-state index in [1.165, 1.54) is 0 Å². The molecule has 19 heavy (non-hydrogen) atoms. The smallest absolute Gasteiger partial charge is 0.240 e.